The topological polar surface area (TPSA) is 64.7 Å². The largest absolute Gasteiger partial charge is 0.339 e. The molecule has 1 fully saturated rings. The lowest BCUT2D eigenvalue weighted by atomic mass is 10.2. The van der Waals surface area contributed by atoms with E-state index in [4.69, 9.17) is 0 Å². The second kappa shape index (κ2) is 7.08. The molecule has 0 aromatic heterocycles. The molecule has 0 spiro atoms. The van der Waals surface area contributed by atoms with E-state index in [2.05, 4.69) is 10.6 Å². The first kappa shape index (κ1) is 15.3. The lowest BCUT2D eigenvalue weighted by Gasteiger charge is -2.29. The first-order valence-corrected chi connectivity index (χ1v) is 7.13. The second-order valence-corrected chi connectivity index (χ2v) is 5.28. The fourth-order valence-corrected chi connectivity index (χ4v) is 2.14. The number of carbonyl (C=O) groups is 2. The van der Waals surface area contributed by atoms with Crippen molar-refractivity contribution in [3.63, 3.8) is 0 Å². The van der Waals surface area contributed by atoms with Gasteiger partial charge >= 0.3 is 6.03 Å². The summed E-state index contributed by atoms with van der Waals surface area (Å²) < 4.78 is 0. The third-order valence-corrected chi connectivity index (χ3v) is 3.49. The second-order valence-electron chi connectivity index (χ2n) is 5.28. The highest BCUT2D eigenvalue weighted by atomic mass is 16.2. The highest BCUT2D eigenvalue weighted by molar-refractivity contribution is 5.92. The summed E-state index contributed by atoms with van der Waals surface area (Å²) in [5.41, 5.74) is 1.86. The number of hydrogen-bond donors (Lipinski definition) is 2. The summed E-state index contributed by atoms with van der Waals surface area (Å²) in [4.78, 5) is 27.3. The molecule has 0 unspecified atom stereocenters. The minimum atomic E-state index is -0.276. The lowest BCUT2D eigenvalue weighted by molar-refractivity contribution is -0.132. The minimum absolute atomic E-state index is 0.0157. The lowest BCUT2D eigenvalue weighted by Crippen LogP contribution is -2.50. The van der Waals surface area contributed by atoms with Crippen molar-refractivity contribution in [2.75, 3.05) is 45.1 Å². The van der Waals surface area contributed by atoms with Gasteiger partial charge in [-0.05, 0) is 19.1 Å². The number of piperazine rings is 1. The van der Waals surface area contributed by atoms with Crippen molar-refractivity contribution in [3.05, 3.63) is 29.8 Å². The molecule has 1 aliphatic rings. The molecule has 2 rings (SSSR count). The quantitative estimate of drug-likeness (QED) is 0.869. The zero-order valence-electron chi connectivity index (χ0n) is 12.6. The molecule has 0 atom stereocenters. The van der Waals surface area contributed by atoms with Crippen LogP contribution in [0.2, 0.25) is 0 Å². The van der Waals surface area contributed by atoms with Gasteiger partial charge in [-0.15, -0.1) is 0 Å². The summed E-state index contributed by atoms with van der Waals surface area (Å²) in [5.74, 6) is -0.0157. The van der Waals surface area contributed by atoms with E-state index in [9.17, 15) is 9.59 Å². The molecule has 21 heavy (non-hydrogen) atoms. The monoisotopic (exact) mass is 290 g/mol. The van der Waals surface area contributed by atoms with Gasteiger partial charge in [-0.25, -0.2) is 4.79 Å². The number of nitrogens with one attached hydrogen (secondary N) is 2. The van der Waals surface area contributed by atoms with E-state index >= 15 is 0 Å². The number of aryl methyl sites for hydroxylation is 1. The van der Waals surface area contributed by atoms with Gasteiger partial charge in [0, 0.05) is 38.9 Å². The van der Waals surface area contributed by atoms with Crippen LogP contribution in [-0.4, -0.2) is 61.5 Å². The first-order valence-electron chi connectivity index (χ1n) is 7.13. The number of rotatable bonds is 3. The van der Waals surface area contributed by atoms with Crippen molar-refractivity contribution in [3.8, 4) is 0 Å². The molecule has 0 bridgehead atoms. The van der Waals surface area contributed by atoms with E-state index in [1.807, 2.05) is 31.2 Å². The summed E-state index contributed by atoms with van der Waals surface area (Å²) in [7, 11) is 1.63. The summed E-state index contributed by atoms with van der Waals surface area (Å²) in [6, 6.07) is 7.28. The average Bonchev–Trinajstić information content (AvgIpc) is 2.50. The van der Waals surface area contributed by atoms with Crippen LogP contribution >= 0.6 is 0 Å². The molecule has 6 heteroatoms. The standard InChI is InChI=1S/C15H22N4O2/c1-12-3-5-13(6-4-12)17-15(21)18(2)11-14(20)19-9-7-16-8-10-19/h3-6,16H,7-11H2,1-2H3,(H,17,21). The van der Waals surface area contributed by atoms with Crippen LogP contribution in [0.5, 0.6) is 0 Å². The summed E-state index contributed by atoms with van der Waals surface area (Å²) in [5, 5.41) is 5.98. The van der Waals surface area contributed by atoms with Gasteiger partial charge in [0.05, 0.1) is 0 Å². The molecule has 0 aliphatic carbocycles. The number of urea groups is 1. The van der Waals surface area contributed by atoms with E-state index in [-0.39, 0.29) is 18.5 Å². The van der Waals surface area contributed by atoms with Crippen LogP contribution in [0.3, 0.4) is 0 Å². The van der Waals surface area contributed by atoms with Crippen LogP contribution in [0.4, 0.5) is 10.5 Å². The SMILES string of the molecule is Cc1ccc(NC(=O)N(C)CC(=O)N2CCNCC2)cc1. The van der Waals surface area contributed by atoms with Gasteiger partial charge in [-0.1, -0.05) is 17.7 Å². The number of anilines is 1. The molecule has 6 nitrogen and oxygen atoms in total. The predicted molar refractivity (Wildman–Crippen MR) is 82.3 cm³/mol. The highest BCUT2D eigenvalue weighted by Crippen LogP contribution is 2.09. The zero-order chi connectivity index (χ0) is 15.2. The van der Waals surface area contributed by atoms with Crippen LogP contribution < -0.4 is 10.6 Å². The Kier molecular flexibility index (Phi) is 5.16. The summed E-state index contributed by atoms with van der Waals surface area (Å²) in [6.07, 6.45) is 0. The van der Waals surface area contributed by atoms with Gasteiger partial charge in [0.1, 0.15) is 6.54 Å². The van der Waals surface area contributed by atoms with Gasteiger partial charge in [-0.3, -0.25) is 4.79 Å². The van der Waals surface area contributed by atoms with Crippen molar-refractivity contribution < 1.29 is 9.59 Å². The Bertz CT molecular complexity index is 495. The smallest absolute Gasteiger partial charge is 0.322 e. The maximum atomic E-state index is 12.1. The molecule has 0 radical (unpaired) electrons. The predicted octanol–water partition coefficient (Wildman–Crippen LogP) is 0.891. The van der Waals surface area contributed by atoms with Gasteiger partial charge in [0.25, 0.3) is 0 Å². The zero-order valence-corrected chi connectivity index (χ0v) is 12.6. The first-order chi connectivity index (χ1) is 10.1. The van der Waals surface area contributed by atoms with Crippen LogP contribution in [-0.2, 0) is 4.79 Å². The molecule has 2 N–H and O–H groups in total. The number of nitrogens with zero attached hydrogens (tertiary/aromatic N) is 2. The van der Waals surface area contributed by atoms with Crippen molar-refractivity contribution in [2.24, 2.45) is 0 Å². The van der Waals surface area contributed by atoms with Crippen LogP contribution in [0.15, 0.2) is 24.3 Å². The van der Waals surface area contributed by atoms with Crippen LogP contribution in [0, 0.1) is 6.92 Å². The van der Waals surface area contributed by atoms with Crippen molar-refractivity contribution in [2.45, 2.75) is 6.92 Å². The highest BCUT2D eigenvalue weighted by Gasteiger charge is 2.19. The molecule has 1 saturated heterocycles. The Morgan fingerprint density at radius 3 is 2.48 bits per heavy atom. The molecular weight excluding hydrogens is 268 g/mol. The Balaban J connectivity index is 1.84. The molecular formula is C15H22N4O2. The Hall–Kier alpha value is -2.08. The van der Waals surface area contributed by atoms with E-state index in [0.717, 1.165) is 24.3 Å². The van der Waals surface area contributed by atoms with Crippen molar-refractivity contribution in [1.82, 2.24) is 15.1 Å². The number of benzene rings is 1. The molecule has 1 heterocycles. The molecule has 0 saturated carbocycles. The molecule has 1 aromatic rings. The fraction of sp³-hybridized carbons (Fsp3) is 0.467. The Labute approximate surface area is 125 Å². The Morgan fingerprint density at radius 2 is 1.86 bits per heavy atom. The third kappa shape index (κ3) is 4.46. The number of likely N-dealkylation sites (N-methyl/N-ethyl adjacent to an activating group) is 1. The fourth-order valence-electron chi connectivity index (χ4n) is 2.14. The molecule has 114 valence electrons. The van der Waals surface area contributed by atoms with Gasteiger partial charge < -0.3 is 20.4 Å². The van der Waals surface area contributed by atoms with Gasteiger partial charge in [-0.2, -0.15) is 0 Å². The molecule has 1 aromatic carbocycles. The van der Waals surface area contributed by atoms with E-state index in [1.54, 1.807) is 11.9 Å². The van der Waals surface area contributed by atoms with Crippen molar-refractivity contribution in [1.29, 1.82) is 0 Å². The number of amides is 3. The van der Waals surface area contributed by atoms with E-state index < -0.39 is 0 Å². The normalized spacial score (nSPS) is 14.7. The van der Waals surface area contributed by atoms with Crippen LogP contribution in [0.1, 0.15) is 5.56 Å². The third-order valence-electron chi connectivity index (χ3n) is 3.49. The van der Waals surface area contributed by atoms with E-state index in [0.29, 0.717) is 13.1 Å². The minimum Gasteiger partial charge on any atom is -0.339 e. The molecule has 3 amide bonds. The maximum Gasteiger partial charge on any atom is 0.322 e. The van der Waals surface area contributed by atoms with Gasteiger partial charge in [0.2, 0.25) is 5.91 Å². The van der Waals surface area contributed by atoms with Crippen molar-refractivity contribution >= 4 is 17.6 Å². The Morgan fingerprint density at radius 1 is 1.24 bits per heavy atom. The van der Waals surface area contributed by atoms with Crippen LogP contribution in [0.25, 0.3) is 0 Å². The molecule has 1 aliphatic heterocycles. The maximum absolute atomic E-state index is 12.1. The summed E-state index contributed by atoms with van der Waals surface area (Å²) in [6.45, 7) is 5.11. The number of carbonyl (C=O) groups excluding carboxylic acids is 2. The summed E-state index contributed by atoms with van der Waals surface area (Å²) >= 11 is 0. The number of hydrogen-bond acceptors (Lipinski definition) is 3. The van der Waals surface area contributed by atoms with Gasteiger partial charge in [0.15, 0.2) is 0 Å². The van der Waals surface area contributed by atoms with E-state index in [1.165, 1.54) is 4.90 Å². The average molecular weight is 290 g/mol.